The van der Waals surface area contributed by atoms with Crippen LogP contribution in [-0.2, 0) is 23.2 Å². The first-order valence-electron chi connectivity index (χ1n) is 6.02. The molecule has 6 nitrogen and oxygen atoms in total. The molecule has 0 atom stereocenters. The lowest BCUT2D eigenvalue weighted by Gasteiger charge is -2.09. The molecule has 2 aromatic rings. The molecule has 0 aliphatic carbocycles. The molecule has 9 heteroatoms. The van der Waals surface area contributed by atoms with Crippen LogP contribution in [0.3, 0.4) is 0 Å². The number of nitrogens with zero attached hydrogens (tertiary/aromatic N) is 2. The van der Waals surface area contributed by atoms with Gasteiger partial charge in [0.15, 0.2) is 5.82 Å². The number of aryl methyl sites for hydroxylation is 1. The summed E-state index contributed by atoms with van der Waals surface area (Å²) in [5.41, 5.74) is -0.534. The van der Waals surface area contributed by atoms with Gasteiger partial charge in [-0.3, -0.25) is 9.40 Å². The summed E-state index contributed by atoms with van der Waals surface area (Å²) in [5.74, 6) is -2.32. The minimum Gasteiger partial charge on any atom is -0.391 e. The normalized spacial score (nSPS) is 11.6. The van der Waals surface area contributed by atoms with E-state index in [9.17, 15) is 17.2 Å². The minimum absolute atomic E-state index is 0.158. The number of halogens is 2. The molecule has 0 saturated heterocycles. The van der Waals surface area contributed by atoms with Crippen molar-refractivity contribution in [2.45, 2.75) is 25.0 Å². The standard InChI is InChI=1S/C12H13F2N3O3S/c1-2-17-6-8(5-15-17)16-21(19,20)11-4-3-10(13)9(7-18)12(11)14/h3-6,16,18H,2,7H2,1H3. The summed E-state index contributed by atoms with van der Waals surface area (Å²) in [6.45, 7) is 1.43. The second-order valence-corrected chi connectivity index (χ2v) is 5.84. The number of nitrogens with one attached hydrogen (secondary N) is 1. The quantitative estimate of drug-likeness (QED) is 0.875. The first-order chi connectivity index (χ1) is 9.89. The van der Waals surface area contributed by atoms with Gasteiger partial charge < -0.3 is 5.11 Å². The third-order valence-electron chi connectivity index (χ3n) is 2.81. The lowest BCUT2D eigenvalue weighted by molar-refractivity contribution is 0.267. The van der Waals surface area contributed by atoms with Crippen molar-refractivity contribution in [2.24, 2.45) is 0 Å². The fraction of sp³-hybridized carbons (Fsp3) is 0.250. The number of sulfonamides is 1. The highest BCUT2D eigenvalue weighted by Gasteiger charge is 2.23. The Morgan fingerprint density at radius 2 is 2.10 bits per heavy atom. The maximum absolute atomic E-state index is 14.0. The summed E-state index contributed by atoms with van der Waals surface area (Å²) in [4.78, 5) is -0.739. The molecule has 0 saturated carbocycles. The molecular formula is C12H13F2N3O3S. The molecule has 0 radical (unpaired) electrons. The Balaban J connectivity index is 2.40. The van der Waals surface area contributed by atoms with Crippen molar-refractivity contribution >= 4 is 15.7 Å². The highest BCUT2D eigenvalue weighted by atomic mass is 32.2. The smallest absolute Gasteiger partial charge is 0.264 e. The van der Waals surface area contributed by atoms with Crippen molar-refractivity contribution in [3.05, 3.63) is 41.7 Å². The molecule has 0 fully saturated rings. The summed E-state index contributed by atoms with van der Waals surface area (Å²) in [6, 6.07) is 1.59. The molecule has 114 valence electrons. The Morgan fingerprint density at radius 1 is 1.38 bits per heavy atom. The first kappa shape index (κ1) is 15.4. The first-order valence-corrected chi connectivity index (χ1v) is 7.50. The zero-order valence-electron chi connectivity index (χ0n) is 11.0. The monoisotopic (exact) mass is 317 g/mol. The average molecular weight is 317 g/mol. The van der Waals surface area contributed by atoms with E-state index in [1.165, 1.54) is 17.1 Å². The molecule has 21 heavy (non-hydrogen) atoms. The van der Waals surface area contributed by atoms with Gasteiger partial charge in [-0.15, -0.1) is 0 Å². The number of hydrogen-bond donors (Lipinski definition) is 2. The van der Waals surface area contributed by atoms with Crippen molar-refractivity contribution in [1.82, 2.24) is 9.78 Å². The van der Waals surface area contributed by atoms with Crippen molar-refractivity contribution in [3.8, 4) is 0 Å². The van der Waals surface area contributed by atoms with Crippen LogP contribution in [0.5, 0.6) is 0 Å². The summed E-state index contributed by atoms with van der Waals surface area (Å²) < 4.78 is 55.1. The van der Waals surface area contributed by atoms with Gasteiger partial charge in [0.2, 0.25) is 0 Å². The van der Waals surface area contributed by atoms with Crippen molar-refractivity contribution in [2.75, 3.05) is 4.72 Å². The number of aliphatic hydroxyl groups excluding tert-OH is 1. The molecule has 1 heterocycles. The van der Waals surface area contributed by atoms with Crippen molar-refractivity contribution < 1.29 is 22.3 Å². The number of hydrogen-bond acceptors (Lipinski definition) is 4. The van der Waals surface area contributed by atoms with Gasteiger partial charge in [-0.2, -0.15) is 5.10 Å². The van der Waals surface area contributed by atoms with Crippen LogP contribution < -0.4 is 4.72 Å². The van der Waals surface area contributed by atoms with Crippen LogP contribution in [0.15, 0.2) is 29.4 Å². The maximum Gasteiger partial charge on any atom is 0.264 e. The van der Waals surface area contributed by atoms with E-state index >= 15 is 0 Å². The van der Waals surface area contributed by atoms with E-state index in [2.05, 4.69) is 9.82 Å². The van der Waals surface area contributed by atoms with Gasteiger partial charge in [0.1, 0.15) is 10.7 Å². The number of rotatable bonds is 5. The Hall–Kier alpha value is -2.00. The average Bonchev–Trinajstić information content (AvgIpc) is 2.85. The topological polar surface area (TPSA) is 84.2 Å². The Morgan fingerprint density at radius 3 is 2.67 bits per heavy atom. The molecule has 0 spiro atoms. The second kappa shape index (κ2) is 5.78. The third kappa shape index (κ3) is 3.03. The summed E-state index contributed by atoms with van der Waals surface area (Å²) in [5, 5.41) is 12.8. The Labute approximate surface area is 120 Å². The summed E-state index contributed by atoms with van der Waals surface area (Å²) in [6.07, 6.45) is 2.71. The number of benzene rings is 1. The van der Waals surface area contributed by atoms with Crippen LogP contribution in [0.4, 0.5) is 14.5 Å². The maximum atomic E-state index is 14.0. The molecule has 0 aliphatic rings. The predicted molar refractivity (Wildman–Crippen MR) is 71.0 cm³/mol. The van der Waals surface area contributed by atoms with Gasteiger partial charge in [-0.25, -0.2) is 17.2 Å². The van der Waals surface area contributed by atoms with Crippen LogP contribution in [-0.4, -0.2) is 23.3 Å². The van der Waals surface area contributed by atoms with Gasteiger partial charge in [-0.1, -0.05) is 0 Å². The SMILES string of the molecule is CCn1cc(NS(=O)(=O)c2ccc(F)c(CO)c2F)cn1. The number of aromatic nitrogens is 2. The van der Waals surface area contributed by atoms with E-state index in [0.29, 0.717) is 6.54 Å². The highest BCUT2D eigenvalue weighted by Crippen LogP contribution is 2.23. The molecule has 0 aliphatic heterocycles. The van der Waals surface area contributed by atoms with Crippen molar-refractivity contribution in [3.63, 3.8) is 0 Å². The van der Waals surface area contributed by atoms with Crippen LogP contribution in [0.2, 0.25) is 0 Å². The van der Waals surface area contributed by atoms with Crippen LogP contribution >= 0.6 is 0 Å². The Kier molecular flexibility index (Phi) is 4.24. The van der Waals surface area contributed by atoms with Gasteiger partial charge in [-0.05, 0) is 19.1 Å². The number of aliphatic hydroxyl groups is 1. The number of anilines is 1. The van der Waals surface area contributed by atoms with Gasteiger partial charge in [0, 0.05) is 12.7 Å². The van der Waals surface area contributed by atoms with Gasteiger partial charge in [0.05, 0.1) is 24.1 Å². The van der Waals surface area contributed by atoms with E-state index in [1.54, 1.807) is 0 Å². The molecule has 0 bridgehead atoms. The van der Waals surface area contributed by atoms with Crippen LogP contribution in [0.1, 0.15) is 12.5 Å². The van der Waals surface area contributed by atoms with E-state index in [0.717, 1.165) is 12.1 Å². The lowest BCUT2D eigenvalue weighted by atomic mass is 10.2. The minimum atomic E-state index is -4.24. The molecule has 0 amide bonds. The fourth-order valence-electron chi connectivity index (χ4n) is 1.73. The molecule has 2 N–H and O–H groups in total. The van der Waals surface area contributed by atoms with Crippen LogP contribution in [0.25, 0.3) is 0 Å². The zero-order chi connectivity index (χ0) is 15.6. The predicted octanol–water partition coefficient (Wildman–Crippen LogP) is 1.47. The summed E-state index contributed by atoms with van der Waals surface area (Å²) >= 11 is 0. The lowest BCUT2D eigenvalue weighted by Crippen LogP contribution is -2.16. The van der Waals surface area contributed by atoms with E-state index < -0.39 is 38.7 Å². The van der Waals surface area contributed by atoms with Crippen LogP contribution in [0, 0.1) is 11.6 Å². The summed E-state index contributed by atoms with van der Waals surface area (Å²) in [7, 11) is -4.24. The molecule has 2 rings (SSSR count). The van der Waals surface area contributed by atoms with Gasteiger partial charge >= 0.3 is 0 Å². The fourth-order valence-corrected chi connectivity index (χ4v) is 2.86. The molecule has 1 aromatic carbocycles. The van der Waals surface area contributed by atoms with Crippen molar-refractivity contribution in [1.29, 1.82) is 0 Å². The highest BCUT2D eigenvalue weighted by molar-refractivity contribution is 7.92. The largest absolute Gasteiger partial charge is 0.391 e. The van der Waals surface area contributed by atoms with Gasteiger partial charge in [0.25, 0.3) is 10.0 Å². The van der Waals surface area contributed by atoms with E-state index in [4.69, 9.17) is 5.11 Å². The molecular weight excluding hydrogens is 304 g/mol. The van der Waals surface area contributed by atoms with E-state index in [1.807, 2.05) is 6.92 Å². The van der Waals surface area contributed by atoms with E-state index in [-0.39, 0.29) is 5.69 Å². The molecule has 0 unspecified atom stereocenters. The third-order valence-corrected chi connectivity index (χ3v) is 4.21. The zero-order valence-corrected chi connectivity index (χ0v) is 11.9. The second-order valence-electron chi connectivity index (χ2n) is 4.19. The molecule has 1 aromatic heterocycles. The Bertz CT molecular complexity index is 759.